The quantitative estimate of drug-likeness (QED) is 0.830. The van der Waals surface area contributed by atoms with Crippen LogP contribution in [0.15, 0.2) is 28.7 Å². The number of aliphatic carboxylic acids is 1. The Morgan fingerprint density at radius 3 is 3.00 bits per heavy atom. The van der Waals surface area contributed by atoms with Crippen molar-refractivity contribution in [2.45, 2.75) is 13.3 Å². The van der Waals surface area contributed by atoms with Gasteiger partial charge in [0.25, 0.3) is 6.01 Å². The molecule has 1 aromatic carbocycles. The number of nitrogens with zero attached hydrogens (tertiary/aromatic N) is 1. The van der Waals surface area contributed by atoms with Gasteiger partial charge in [-0.2, -0.15) is 4.98 Å². The molecule has 1 aromatic heterocycles. The third-order valence-corrected chi connectivity index (χ3v) is 2.42. The summed E-state index contributed by atoms with van der Waals surface area (Å²) in [5, 5.41) is 11.6. The van der Waals surface area contributed by atoms with Crippen LogP contribution >= 0.6 is 0 Å². The highest BCUT2D eigenvalue weighted by Crippen LogP contribution is 2.18. The van der Waals surface area contributed by atoms with Gasteiger partial charge in [0.15, 0.2) is 5.58 Å². The van der Waals surface area contributed by atoms with Gasteiger partial charge in [-0.05, 0) is 18.1 Å². The molecule has 0 bridgehead atoms. The molecule has 0 radical (unpaired) electrons. The van der Waals surface area contributed by atoms with E-state index in [2.05, 4.69) is 10.3 Å². The third kappa shape index (κ3) is 2.96. The van der Waals surface area contributed by atoms with Gasteiger partial charge in [0.2, 0.25) is 0 Å². The summed E-state index contributed by atoms with van der Waals surface area (Å²) in [6, 6.07) is 7.91. The molecule has 5 heteroatoms. The van der Waals surface area contributed by atoms with Crippen LogP contribution in [0.25, 0.3) is 11.1 Å². The van der Waals surface area contributed by atoms with E-state index < -0.39 is 5.97 Å². The van der Waals surface area contributed by atoms with Gasteiger partial charge in [-0.25, -0.2) is 0 Å². The van der Waals surface area contributed by atoms with E-state index in [0.717, 1.165) is 11.1 Å². The SMILES string of the molecule is CC(CNc1nc2ccccc2o1)CC(=O)O. The van der Waals surface area contributed by atoms with Crippen LogP contribution in [-0.2, 0) is 4.79 Å². The summed E-state index contributed by atoms with van der Waals surface area (Å²) in [5.41, 5.74) is 1.52. The van der Waals surface area contributed by atoms with Gasteiger partial charge in [0, 0.05) is 13.0 Å². The van der Waals surface area contributed by atoms with Crippen LogP contribution < -0.4 is 5.32 Å². The largest absolute Gasteiger partial charge is 0.481 e. The Morgan fingerprint density at radius 1 is 1.53 bits per heavy atom. The first-order valence-electron chi connectivity index (χ1n) is 5.46. The van der Waals surface area contributed by atoms with Crippen molar-refractivity contribution in [2.75, 3.05) is 11.9 Å². The van der Waals surface area contributed by atoms with Gasteiger partial charge in [-0.15, -0.1) is 0 Å². The predicted molar refractivity (Wildman–Crippen MR) is 63.9 cm³/mol. The van der Waals surface area contributed by atoms with Crippen molar-refractivity contribution in [3.8, 4) is 0 Å². The molecule has 0 saturated heterocycles. The summed E-state index contributed by atoms with van der Waals surface area (Å²) in [6.45, 7) is 2.39. The van der Waals surface area contributed by atoms with E-state index in [1.165, 1.54) is 0 Å². The summed E-state index contributed by atoms with van der Waals surface area (Å²) >= 11 is 0. The summed E-state index contributed by atoms with van der Waals surface area (Å²) in [4.78, 5) is 14.7. The summed E-state index contributed by atoms with van der Waals surface area (Å²) in [6.07, 6.45) is 0.132. The molecule has 5 nitrogen and oxygen atoms in total. The molecular formula is C12H14N2O3. The molecule has 0 aliphatic heterocycles. The standard InChI is InChI=1S/C12H14N2O3/c1-8(6-11(15)16)7-13-12-14-9-4-2-3-5-10(9)17-12/h2-5,8H,6-7H2,1H3,(H,13,14)(H,15,16). The van der Waals surface area contributed by atoms with Gasteiger partial charge in [-0.3, -0.25) is 4.79 Å². The molecular weight excluding hydrogens is 220 g/mol. The first kappa shape index (κ1) is 11.4. The van der Waals surface area contributed by atoms with E-state index in [0.29, 0.717) is 12.6 Å². The normalized spacial score (nSPS) is 12.5. The fourth-order valence-corrected chi connectivity index (χ4v) is 1.58. The Labute approximate surface area is 98.5 Å². The van der Waals surface area contributed by atoms with Gasteiger partial charge in [0.05, 0.1) is 0 Å². The Hall–Kier alpha value is -2.04. The van der Waals surface area contributed by atoms with Crippen molar-refractivity contribution in [1.82, 2.24) is 4.98 Å². The van der Waals surface area contributed by atoms with Crippen molar-refractivity contribution in [3.05, 3.63) is 24.3 Å². The van der Waals surface area contributed by atoms with Crippen LogP contribution in [0.5, 0.6) is 0 Å². The number of fused-ring (bicyclic) bond motifs is 1. The number of hydrogen-bond acceptors (Lipinski definition) is 4. The van der Waals surface area contributed by atoms with E-state index in [-0.39, 0.29) is 12.3 Å². The monoisotopic (exact) mass is 234 g/mol. The Morgan fingerprint density at radius 2 is 2.29 bits per heavy atom. The fraction of sp³-hybridized carbons (Fsp3) is 0.333. The number of anilines is 1. The Balaban J connectivity index is 1.97. The lowest BCUT2D eigenvalue weighted by Gasteiger charge is -2.07. The van der Waals surface area contributed by atoms with Crippen LogP contribution in [0, 0.1) is 5.92 Å². The Bertz CT molecular complexity index is 488. The van der Waals surface area contributed by atoms with E-state index in [1.54, 1.807) is 0 Å². The second kappa shape index (κ2) is 4.86. The van der Waals surface area contributed by atoms with Crippen LogP contribution in [0.1, 0.15) is 13.3 Å². The second-order valence-corrected chi connectivity index (χ2v) is 4.07. The maximum Gasteiger partial charge on any atom is 0.303 e. The number of benzene rings is 1. The first-order chi connectivity index (χ1) is 8.15. The first-order valence-corrected chi connectivity index (χ1v) is 5.46. The zero-order valence-electron chi connectivity index (χ0n) is 9.51. The fourth-order valence-electron chi connectivity index (χ4n) is 1.58. The molecule has 1 heterocycles. The molecule has 1 unspecified atom stereocenters. The highest BCUT2D eigenvalue weighted by Gasteiger charge is 2.09. The minimum absolute atomic E-state index is 0.0301. The lowest BCUT2D eigenvalue weighted by molar-refractivity contribution is -0.137. The number of carboxylic acid groups (broad SMARTS) is 1. The molecule has 2 rings (SSSR count). The smallest absolute Gasteiger partial charge is 0.303 e. The molecule has 90 valence electrons. The average molecular weight is 234 g/mol. The molecule has 0 spiro atoms. The van der Waals surface area contributed by atoms with Crippen LogP contribution in [0.4, 0.5) is 6.01 Å². The Kier molecular flexibility index (Phi) is 3.27. The minimum Gasteiger partial charge on any atom is -0.481 e. The van der Waals surface area contributed by atoms with Crippen molar-refractivity contribution in [1.29, 1.82) is 0 Å². The zero-order valence-corrected chi connectivity index (χ0v) is 9.51. The molecule has 17 heavy (non-hydrogen) atoms. The van der Waals surface area contributed by atoms with Crippen molar-refractivity contribution >= 4 is 23.1 Å². The number of nitrogens with one attached hydrogen (secondary N) is 1. The van der Waals surface area contributed by atoms with Gasteiger partial charge >= 0.3 is 5.97 Å². The maximum absolute atomic E-state index is 10.5. The van der Waals surface area contributed by atoms with Crippen LogP contribution in [-0.4, -0.2) is 22.6 Å². The molecule has 0 saturated carbocycles. The lowest BCUT2D eigenvalue weighted by Crippen LogP contribution is -2.14. The van der Waals surface area contributed by atoms with Gasteiger partial charge in [0.1, 0.15) is 5.52 Å². The topological polar surface area (TPSA) is 75.4 Å². The van der Waals surface area contributed by atoms with Gasteiger partial charge in [-0.1, -0.05) is 19.1 Å². The van der Waals surface area contributed by atoms with Crippen molar-refractivity contribution in [3.63, 3.8) is 0 Å². The number of oxazole rings is 1. The van der Waals surface area contributed by atoms with Crippen molar-refractivity contribution < 1.29 is 14.3 Å². The van der Waals surface area contributed by atoms with E-state index in [9.17, 15) is 4.79 Å². The predicted octanol–water partition coefficient (Wildman–Crippen LogP) is 2.35. The molecule has 2 aromatic rings. The highest BCUT2D eigenvalue weighted by atomic mass is 16.4. The van der Waals surface area contributed by atoms with E-state index in [1.807, 2.05) is 31.2 Å². The molecule has 1 atom stereocenters. The average Bonchev–Trinajstić information content (AvgIpc) is 2.68. The molecule has 0 fully saturated rings. The second-order valence-electron chi connectivity index (χ2n) is 4.07. The maximum atomic E-state index is 10.5. The number of hydrogen-bond donors (Lipinski definition) is 2. The minimum atomic E-state index is -0.795. The molecule has 0 aliphatic rings. The molecule has 0 aliphatic carbocycles. The van der Waals surface area contributed by atoms with Crippen LogP contribution in [0.3, 0.4) is 0 Å². The molecule has 0 amide bonds. The lowest BCUT2D eigenvalue weighted by atomic mass is 10.1. The third-order valence-electron chi connectivity index (χ3n) is 2.42. The summed E-state index contributed by atoms with van der Waals surface area (Å²) < 4.78 is 5.45. The van der Waals surface area contributed by atoms with Gasteiger partial charge < -0.3 is 14.8 Å². The number of rotatable bonds is 5. The van der Waals surface area contributed by atoms with E-state index >= 15 is 0 Å². The zero-order chi connectivity index (χ0) is 12.3. The van der Waals surface area contributed by atoms with Crippen molar-refractivity contribution in [2.24, 2.45) is 5.92 Å². The number of para-hydroxylation sites is 2. The molecule has 2 N–H and O–H groups in total. The highest BCUT2D eigenvalue weighted by molar-refractivity contribution is 5.74. The van der Waals surface area contributed by atoms with E-state index in [4.69, 9.17) is 9.52 Å². The summed E-state index contributed by atoms with van der Waals surface area (Å²) in [7, 11) is 0. The number of carboxylic acids is 1. The number of carbonyl (C=O) groups is 1. The van der Waals surface area contributed by atoms with Crippen LogP contribution in [0.2, 0.25) is 0 Å². The number of aromatic nitrogens is 1. The summed E-state index contributed by atoms with van der Waals surface area (Å²) in [5.74, 6) is -0.764.